The molecule has 2 N–H and O–H groups in total. The topological polar surface area (TPSA) is 71.3 Å². The minimum absolute atomic E-state index is 0.00494. The molecule has 1 atom stereocenters. The van der Waals surface area contributed by atoms with Gasteiger partial charge in [0.2, 0.25) is 0 Å². The second-order valence-corrected chi connectivity index (χ2v) is 8.72. The maximum absolute atomic E-state index is 12.4. The van der Waals surface area contributed by atoms with Gasteiger partial charge in [-0.05, 0) is 37.3 Å². The van der Waals surface area contributed by atoms with E-state index in [-0.39, 0.29) is 5.91 Å². The van der Waals surface area contributed by atoms with Crippen LogP contribution >= 0.6 is 0 Å². The predicted molar refractivity (Wildman–Crippen MR) is 121 cm³/mol. The van der Waals surface area contributed by atoms with Crippen LogP contribution in [0.2, 0.25) is 0 Å². The fourth-order valence-corrected chi connectivity index (χ4v) is 3.53. The fourth-order valence-electron chi connectivity index (χ4n) is 3.53. The Hall–Kier alpha value is -2.89. The van der Waals surface area contributed by atoms with E-state index < -0.39 is 0 Å². The third-order valence-electron chi connectivity index (χ3n) is 5.66. The number of hydrogen-bond donors (Lipinski definition) is 2. The Balaban J connectivity index is 1.76. The molecule has 1 amide bonds. The molecule has 0 aliphatic heterocycles. The zero-order chi connectivity index (χ0) is 21.3. The Morgan fingerprint density at radius 2 is 1.93 bits per heavy atom. The van der Waals surface area contributed by atoms with Gasteiger partial charge in [0.25, 0.3) is 5.91 Å². The van der Waals surface area contributed by atoms with Crippen LogP contribution < -0.4 is 10.6 Å². The molecule has 1 saturated carbocycles. The zero-order valence-electron chi connectivity index (χ0n) is 18.3. The first-order valence-electron chi connectivity index (χ1n) is 11.0. The molecule has 1 fully saturated rings. The predicted octanol–water partition coefficient (Wildman–Crippen LogP) is 4.87. The van der Waals surface area contributed by atoms with Crippen LogP contribution in [0.15, 0.2) is 36.7 Å². The van der Waals surface area contributed by atoms with Gasteiger partial charge in [0, 0.05) is 42.0 Å². The van der Waals surface area contributed by atoms with Crippen molar-refractivity contribution < 1.29 is 4.79 Å². The van der Waals surface area contributed by atoms with Crippen LogP contribution in [0.1, 0.15) is 68.9 Å². The van der Waals surface area contributed by atoms with Gasteiger partial charge in [-0.25, -0.2) is 9.97 Å². The molecule has 1 aliphatic carbocycles. The number of imidazole rings is 1. The molecule has 3 aromatic rings. The van der Waals surface area contributed by atoms with E-state index in [0.29, 0.717) is 23.4 Å². The van der Waals surface area contributed by atoms with Crippen molar-refractivity contribution in [3.05, 3.63) is 47.9 Å². The van der Waals surface area contributed by atoms with Gasteiger partial charge in [-0.15, -0.1) is 0 Å². The molecule has 1 unspecified atom stereocenters. The van der Waals surface area contributed by atoms with Crippen molar-refractivity contribution in [2.24, 2.45) is 5.92 Å². The SMILES string of the molecule is CCC(C)c1nc(NCC(C)C)c2nccn2c1-c1ccc(C(=O)NC2CC2)cc1. The first-order valence-corrected chi connectivity index (χ1v) is 11.0. The lowest BCUT2D eigenvalue weighted by Gasteiger charge is -2.19. The second kappa shape index (κ2) is 8.46. The van der Waals surface area contributed by atoms with Crippen LogP contribution in [0.4, 0.5) is 5.82 Å². The molecule has 30 heavy (non-hydrogen) atoms. The lowest BCUT2D eigenvalue weighted by Crippen LogP contribution is -2.25. The molecular weight excluding hydrogens is 374 g/mol. The van der Waals surface area contributed by atoms with Gasteiger partial charge in [-0.1, -0.05) is 39.8 Å². The number of amides is 1. The summed E-state index contributed by atoms with van der Waals surface area (Å²) < 4.78 is 2.12. The number of carbonyl (C=O) groups excluding carboxylic acids is 1. The number of rotatable bonds is 8. The third kappa shape index (κ3) is 4.18. The molecule has 6 nitrogen and oxygen atoms in total. The third-order valence-corrected chi connectivity index (χ3v) is 5.66. The Bertz CT molecular complexity index is 1030. The van der Waals surface area contributed by atoms with E-state index in [0.717, 1.165) is 54.2 Å². The Labute approximate surface area is 178 Å². The summed E-state index contributed by atoms with van der Waals surface area (Å²) in [4.78, 5) is 22.0. The highest BCUT2D eigenvalue weighted by Crippen LogP contribution is 2.33. The number of carbonyl (C=O) groups is 1. The lowest BCUT2D eigenvalue weighted by molar-refractivity contribution is 0.0951. The highest BCUT2D eigenvalue weighted by Gasteiger charge is 2.24. The normalized spacial score (nSPS) is 14.8. The largest absolute Gasteiger partial charge is 0.367 e. The average Bonchev–Trinajstić information content (AvgIpc) is 3.42. The molecule has 0 spiro atoms. The number of fused-ring (bicyclic) bond motifs is 1. The second-order valence-electron chi connectivity index (χ2n) is 8.72. The minimum atomic E-state index is 0.00494. The maximum atomic E-state index is 12.4. The summed E-state index contributed by atoms with van der Waals surface area (Å²) in [7, 11) is 0. The van der Waals surface area contributed by atoms with Crippen LogP contribution in [-0.2, 0) is 0 Å². The number of nitrogens with zero attached hydrogens (tertiary/aromatic N) is 3. The van der Waals surface area contributed by atoms with E-state index >= 15 is 0 Å². The Morgan fingerprint density at radius 3 is 2.57 bits per heavy atom. The van der Waals surface area contributed by atoms with Crippen LogP contribution in [0.3, 0.4) is 0 Å². The van der Waals surface area contributed by atoms with Crippen molar-refractivity contribution in [1.29, 1.82) is 0 Å². The standard InChI is InChI=1S/C24H31N5O/c1-5-16(4)20-21(17-6-8-18(9-7-17)24(30)27-19-10-11-19)29-13-12-25-23(29)22(28-20)26-14-15(2)3/h6-9,12-13,15-16,19H,5,10-11,14H2,1-4H3,(H,26,28)(H,27,30). The van der Waals surface area contributed by atoms with Gasteiger partial charge in [-0.2, -0.15) is 0 Å². The molecule has 0 radical (unpaired) electrons. The first kappa shape index (κ1) is 20.4. The summed E-state index contributed by atoms with van der Waals surface area (Å²) in [5.74, 6) is 1.64. The number of benzene rings is 1. The summed E-state index contributed by atoms with van der Waals surface area (Å²) >= 11 is 0. The monoisotopic (exact) mass is 405 g/mol. The molecule has 2 heterocycles. The molecule has 6 heteroatoms. The van der Waals surface area contributed by atoms with E-state index in [4.69, 9.17) is 4.98 Å². The summed E-state index contributed by atoms with van der Waals surface area (Å²) in [6, 6.07) is 8.20. The van der Waals surface area contributed by atoms with Crippen LogP contribution in [-0.4, -0.2) is 32.9 Å². The van der Waals surface area contributed by atoms with Crippen LogP contribution in [0, 0.1) is 5.92 Å². The van der Waals surface area contributed by atoms with E-state index in [2.05, 4.69) is 47.7 Å². The van der Waals surface area contributed by atoms with Crippen molar-refractivity contribution >= 4 is 17.4 Å². The van der Waals surface area contributed by atoms with Gasteiger partial charge >= 0.3 is 0 Å². The van der Waals surface area contributed by atoms with E-state index in [1.807, 2.05) is 36.7 Å². The molecule has 1 aliphatic rings. The maximum Gasteiger partial charge on any atom is 0.251 e. The van der Waals surface area contributed by atoms with Crippen molar-refractivity contribution in [2.75, 3.05) is 11.9 Å². The van der Waals surface area contributed by atoms with E-state index in [9.17, 15) is 4.79 Å². The van der Waals surface area contributed by atoms with Gasteiger partial charge in [0.15, 0.2) is 11.5 Å². The number of nitrogens with one attached hydrogen (secondary N) is 2. The molecular formula is C24H31N5O. The molecule has 2 aromatic heterocycles. The minimum Gasteiger partial charge on any atom is -0.367 e. The summed E-state index contributed by atoms with van der Waals surface area (Å²) in [6.07, 6.45) is 6.98. The molecule has 158 valence electrons. The van der Waals surface area contributed by atoms with Gasteiger partial charge in [0.1, 0.15) is 0 Å². The van der Waals surface area contributed by atoms with Gasteiger partial charge in [-0.3, -0.25) is 9.20 Å². The smallest absolute Gasteiger partial charge is 0.251 e. The fraction of sp³-hybridized carbons (Fsp3) is 0.458. The number of anilines is 1. The van der Waals surface area contributed by atoms with Crippen molar-refractivity contribution in [2.45, 2.75) is 58.9 Å². The number of hydrogen-bond acceptors (Lipinski definition) is 4. The van der Waals surface area contributed by atoms with Gasteiger partial charge < -0.3 is 10.6 Å². The highest BCUT2D eigenvalue weighted by molar-refractivity contribution is 5.95. The Kier molecular flexibility index (Phi) is 5.75. The van der Waals surface area contributed by atoms with Gasteiger partial charge in [0.05, 0.1) is 11.4 Å². The zero-order valence-corrected chi connectivity index (χ0v) is 18.3. The molecule has 4 rings (SSSR count). The van der Waals surface area contributed by atoms with E-state index in [1.54, 1.807) is 0 Å². The van der Waals surface area contributed by atoms with E-state index in [1.165, 1.54) is 0 Å². The average molecular weight is 406 g/mol. The van der Waals surface area contributed by atoms with Crippen molar-refractivity contribution in [1.82, 2.24) is 19.7 Å². The lowest BCUT2D eigenvalue weighted by atomic mass is 9.97. The Morgan fingerprint density at radius 1 is 1.20 bits per heavy atom. The molecule has 0 bridgehead atoms. The molecule has 0 saturated heterocycles. The number of aromatic nitrogens is 3. The highest BCUT2D eigenvalue weighted by atomic mass is 16.1. The molecule has 1 aromatic carbocycles. The summed E-state index contributed by atoms with van der Waals surface area (Å²) in [6.45, 7) is 9.60. The van der Waals surface area contributed by atoms with Crippen molar-refractivity contribution in [3.8, 4) is 11.3 Å². The first-order chi connectivity index (χ1) is 14.5. The quantitative estimate of drug-likeness (QED) is 0.561. The van der Waals surface area contributed by atoms with Crippen LogP contribution in [0.5, 0.6) is 0 Å². The van der Waals surface area contributed by atoms with Crippen molar-refractivity contribution in [3.63, 3.8) is 0 Å². The summed E-state index contributed by atoms with van der Waals surface area (Å²) in [5.41, 5.74) is 4.65. The van der Waals surface area contributed by atoms with Crippen LogP contribution in [0.25, 0.3) is 16.9 Å². The summed E-state index contributed by atoms with van der Waals surface area (Å²) in [5, 5.41) is 6.52.